The van der Waals surface area contributed by atoms with Crippen molar-refractivity contribution in [1.82, 2.24) is 4.57 Å². The number of ketones is 1. The van der Waals surface area contributed by atoms with E-state index < -0.39 is 5.97 Å². The number of rotatable bonds is 6. The maximum absolute atomic E-state index is 11.8. The van der Waals surface area contributed by atoms with E-state index in [4.69, 9.17) is 5.11 Å². The van der Waals surface area contributed by atoms with Gasteiger partial charge < -0.3 is 9.67 Å². The molecule has 0 unspecified atom stereocenters. The lowest BCUT2D eigenvalue weighted by molar-refractivity contribution is -0.136. The molecule has 2 aromatic rings. The van der Waals surface area contributed by atoms with E-state index in [9.17, 15) is 9.59 Å². The molecular weight excluding hydrogens is 254 g/mol. The normalized spacial score (nSPS) is 10.4. The molecule has 0 saturated heterocycles. The first-order valence-corrected chi connectivity index (χ1v) is 6.52. The zero-order valence-electron chi connectivity index (χ0n) is 11.4. The van der Waals surface area contributed by atoms with Crippen LogP contribution < -0.4 is 0 Å². The Balaban J connectivity index is 2.25. The van der Waals surface area contributed by atoms with Gasteiger partial charge in [0.05, 0.1) is 5.69 Å². The molecule has 0 aliphatic carbocycles. The molecule has 104 valence electrons. The van der Waals surface area contributed by atoms with Gasteiger partial charge in [0.1, 0.15) is 0 Å². The molecule has 2 rings (SSSR count). The molecule has 0 aliphatic rings. The molecular formula is C16H17NO3. The average Bonchev–Trinajstić information content (AvgIpc) is 2.80. The number of benzene rings is 1. The van der Waals surface area contributed by atoms with Crippen molar-refractivity contribution in [3.8, 4) is 0 Å². The van der Waals surface area contributed by atoms with Crippen LogP contribution in [0.4, 0.5) is 0 Å². The minimum Gasteiger partial charge on any atom is -0.481 e. The van der Waals surface area contributed by atoms with Gasteiger partial charge in [-0.1, -0.05) is 30.3 Å². The highest BCUT2D eigenvalue weighted by Crippen LogP contribution is 2.16. The van der Waals surface area contributed by atoms with E-state index in [0.29, 0.717) is 18.7 Å². The summed E-state index contributed by atoms with van der Waals surface area (Å²) < 4.78 is 1.88. The Bertz CT molecular complexity index is 614. The van der Waals surface area contributed by atoms with Crippen molar-refractivity contribution >= 4 is 11.8 Å². The molecule has 1 aromatic heterocycles. The van der Waals surface area contributed by atoms with Crippen LogP contribution in [0, 0.1) is 0 Å². The lowest BCUT2D eigenvalue weighted by Crippen LogP contribution is -2.10. The fourth-order valence-electron chi connectivity index (χ4n) is 2.30. The first-order chi connectivity index (χ1) is 9.58. The summed E-state index contributed by atoms with van der Waals surface area (Å²) in [6, 6.07) is 11.7. The Morgan fingerprint density at radius 2 is 1.85 bits per heavy atom. The minimum absolute atomic E-state index is 0.0358. The maximum atomic E-state index is 11.8. The molecule has 1 aromatic carbocycles. The second kappa shape index (κ2) is 6.19. The van der Waals surface area contributed by atoms with Gasteiger partial charge in [-0.2, -0.15) is 0 Å². The van der Waals surface area contributed by atoms with Crippen molar-refractivity contribution in [1.29, 1.82) is 0 Å². The summed E-state index contributed by atoms with van der Waals surface area (Å²) in [5.74, 6) is -0.887. The van der Waals surface area contributed by atoms with Crippen LogP contribution >= 0.6 is 0 Å². The molecule has 0 radical (unpaired) electrons. The summed E-state index contributed by atoms with van der Waals surface area (Å²) in [6.45, 7) is 2.13. The van der Waals surface area contributed by atoms with Crippen LogP contribution in [0.2, 0.25) is 0 Å². The molecule has 1 heterocycles. The van der Waals surface area contributed by atoms with Gasteiger partial charge in [0, 0.05) is 26.1 Å². The third kappa shape index (κ3) is 3.35. The third-order valence-corrected chi connectivity index (χ3v) is 3.18. The Morgan fingerprint density at radius 3 is 2.45 bits per heavy atom. The standard InChI is InChI=1S/C16H17NO3/c1-12(18)16-14(7-8-15(19)20)9-10-17(16)11-13-5-3-2-4-6-13/h2-6,9-10H,7-8,11H2,1H3,(H,19,20). The fourth-order valence-corrected chi connectivity index (χ4v) is 2.30. The van der Waals surface area contributed by atoms with Crippen molar-refractivity contribution < 1.29 is 14.7 Å². The van der Waals surface area contributed by atoms with Gasteiger partial charge in [0.15, 0.2) is 5.78 Å². The Kier molecular flexibility index (Phi) is 4.35. The largest absolute Gasteiger partial charge is 0.481 e. The van der Waals surface area contributed by atoms with Crippen molar-refractivity contribution in [2.45, 2.75) is 26.3 Å². The van der Waals surface area contributed by atoms with E-state index in [1.54, 1.807) is 0 Å². The highest BCUT2D eigenvalue weighted by molar-refractivity contribution is 5.94. The Morgan fingerprint density at radius 1 is 1.15 bits per heavy atom. The van der Waals surface area contributed by atoms with Crippen LogP contribution in [0.1, 0.15) is 35.0 Å². The SMILES string of the molecule is CC(=O)c1c(CCC(=O)O)ccn1Cc1ccccc1. The highest BCUT2D eigenvalue weighted by atomic mass is 16.4. The second-order valence-electron chi connectivity index (χ2n) is 4.75. The molecule has 0 bridgehead atoms. The van der Waals surface area contributed by atoms with E-state index in [2.05, 4.69) is 0 Å². The monoisotopic (exact) mass is 271 g/mol. The van der Waals surface area contributed by atoms with Gasteiger partial charge in [-0.3, -0.25) is 9.59 Å². The Labute approximate surface area is 117 Å². The molecule has 0 amide bonds. The number of nitrogens with zero attached hydrogens (tertiary/aromatic N) is 1. The molecule has 4 heteroatoms. The molecule has 1 N–H and O–H groups in total. The predicted octanol–water partition coefficient (Wildman–Crippen LogP) is 2.76. The summed E-state index contributed by atoms with van der Waals surface area (Å²) in [5, 5.41) is 8.75. The van der Waals surface area contributed by atoms with Crippen molar-refractivity contribution in [3.63, 3.8) is 0 Å². The third-order valence-electron chi connectivity index (χ3n) is 3.18. The van der Waals surface area contributed by atoms with Crippen molar-refractivity contribution in [2.75, 3.05) is 0 Å². The van der Waals surface area contributed by atoms with Gasteiger partial charge in [0.2, 0.25) is 0 Å². The summed E-state index contributed by atoms with van der Waals surface area (Å²) in [6.07, 6.45) is 2.27. The predicted molar refractivity (Wildman–Crippen MR) is 75.9 cm³/mol. The zero-order chi connectivity index (χ0) is 14.5. The molecule has 0 atom stereocenters. The number of hydrogen-bond acceptors (Lipinski definition) is 2. The van der Waals surface area contributed by atoms with Crippen molar-refractivity contribution in [2.24, 2.45) is 0 Å². The fraction of sp³-hybridized carbons (Fsp3) is 0.250. The molecule has 0 spiro atoms. The van der Waals surface area contributed by atoms with Crippen LogP contribution in [0.3, 0.4) is 0 Å². The lowest BCUT2D eigenvalue weighted by Gasteiger charge is -2.09. The summed E-state index contributed by atoms with van der Waals surface area (Å²) >= 11 is 0. The quantitative estimate of drug-likeness (QED) is 0.822. The number of Topliss-reactive ketones (excluding diaryl/α,β-unsaturated/α-hetero) is 1. The zero-order valence-corrected chi connectivity index (χ0v) is 11.4. The molecule has 20 heavy (non-hydrogen) atoms. The van der Waals surface area contributed by atoms with E-state index in [1.165, 1.54) is 6.92 Å². The first kappa shape index (κ1) is 14.1. The van der Waals surface area contributed by atoms with Crippen LogP contribution in [0.5, 0.6) is 0 Å². The first-order valence-electron chi connectivity index (χ1n) is 6.52. The van der Waals surface area contributed by atoms with Crippen LogP contribution in [-0.4, -0.2) is 21.4 Å². The van der Waals surface area contributed by atoms with Gasteiger partial charge in [0.25, 0.3) is 0 Å². The number of carboxylic acid groups (broad SMARTS) is 1. The molecule has 0 aliphatic heterocycles. The molecule has 0 fully saturated rings. The summed E-state index contributed by atoms with van der Waals surface area (Å²) in [4.78, 5) is 22.5. The Hall–Kier alpha value is -2.36. The van der Waals surface area contributed by atoms with Crippen molar-refractivity contribution in [3.05, 3.63) is 59.4 Å². The number of aliphatic carboxylic acids is 1. The summed E-state index contributed by atoms with van der Waals surface area (Å²) in [7, 11) is 0. The van der Waals surface area contributed by atoms with Crippen LogP contribution in [0.25, 0.3) is 0 Å². The average molecular weight is 271 g/mol. The summed E-state index contributed by atoms with van der Waals surface area (Å²) in [5.41, 5.74) is 2.52. The van der Waals surface area contributed by atoms with Gasteiger partial charge in [-0.15, -0.1) is 0 Å². The smallest absolute Gasteiger partial charge is 0.303 e. The van der Waals surface area contributed by atoms with Gasteiger partial charge >= 0.3 is 5.97 Å². The highest BCUT2D eigenvalue weighted by Gasteiger charge is 2.14. The number of carbonyl (C=O) groups is 2. The van der Waals surface area contributed by atoms with Crippen LogP contribution in [0.15, 0.2) is 42.6 Å². The maximum Gasteiger partial charge on any atom is 0.303 e. The van der Waals surface area contributed by atoms with Crippen LogP contribution in [-0.2, 0) is 17.8 Å². The molecule has 0 saturated carbocycles. The number of hydrogen-bond donors (Lipinski definition) is 1. The second-order valence-corrected chi connectivity index (χ2v) is 4.75. The molecule has 4 nitrogen and oxygen atoms in total. The van der Waals surface area contributed by atoms with E-state index >= 15 is 0 Å². The van der Waals surface area contributed by atoms with Gasteiger partial charge in [-0.25, -0.2) is 0 Å². The number of carboxylic acids is 1. The lowest BCUT2D eigenvalue weighted by atomic mass is 10.1. The number of aromatic nitrogens is 1. The van der Waals surface area contributed by atoms with E-state index in [1.807, 2.05) is 47.2 Å². The topological polar surface area (TPSA) is 59.3 Å². The van der Waals surface area contributed by atoms with E-state index in [0.717, 1.165) is 11.1 Å². The van der Waals surface area contributed by atoms with E-state index in [-0.39, 0.29) is 12.2 Å². The van der Waals surface area contributed by atoms with Gasteiger partial charge in [-0.05, 0) is 23.6 Å². The number of carbonyl (C=O) groups excluding carboxylic acids is 1. The minimum atomic E-state index is -0.852. The number of aryl methyl sites for hydroxylation is 1.